The lowest BCUT2D eigenvalue weighted by Crippen LogP contribution is -2.35. The van der Waals surface area contributed by atoms with Crippen LogP contribution in [0.25, 0.3) is 0 Å². The van der Waals surface area contributed by atoms with Crippen molar-refractivity contribution in [1.82, 2.24) is 14.7 Å². The molecule has 4 nitrogen and oxygen atoms in total. The summed E-state index contributed by atoms with van der Waals surface area (Å²) in [7, 11) is 1.91. The second kappa shape index (κ2) is 5.04. The largest absolute Gasteiger partial charge is 0.391 e. The van der Waals surface area contributed by atoms with Gasteiger partial charge in [-0.2, -0.15) is 5.10 Å². The van der Waals surface area contributed by atoms with Crippen molar-refractivity contribution in [2.24, 2.45) is 7.05 Å². The Balaban J connectivity index is 1.76. The van der Waals surface area contributed by atoms with E-state index in [9.17, 15) is 5.11 Å². The van der Waals surface area contributed by atoms with E-state index in [2.05, 4.69) is 41.2 Å². The van der Waals surface area contributed by atoms with Crippen LogP contribution in [0.4, 0.5) is 0 Å². The van der Waals surface area contributed by atoms with Crippen LogP contribution in [0.3, 0.4) is 0 Å². The average Bonchev–Trinajstić information content (AvgIpc) is 2.97. The molecule has 1 aromatic carbocycles. The van der Waals surface area contributed by atoms with Gasteiger partial charge in [0.2, 0.25) is 0 Å². The van der Waals surface area contributed by atoms with Crippen molar-refractivity contribution in [1.29, 1.82) is 0 Å². The Morgan fingerprint density at radius 2 is 2.10 bits per heavy atom. The van der Waals surface area contributed by atoms with Gasteiger partial charge in [0.05, 0.1) is 12.3 Å². The molecule has 1 saturated heterocycles. The molecule has 0 saturated carbocycles. The summed E-state index contributed by atoms with van der Waals surface area (Å²) in [6, 6.07) is 10.4. The number of β-amino-alcohol motifs (C(OH)–C–C–N with tert-alkyl or cyclic N) is 1. The van der Waals surface area contributed by atoms with Gasteiger partial charge in [-0.15, -0.1) is 0 Å². The molecule has 1 aliphatic rings. The Hall–Kier alpha value is -1.65. The molecular formula is C16H21N3O. The molecule has 0 radical (unpaired) electrons. The topological polar surface area (TPSA) is 41.3 Å². The molecule has 3 rings (SSSR count). The van der Waals surface area contributed by atoms with Crippen LogP contribution in [0.5, 0.6) is 0 Å². The Morgan fingerprint density at radius 1 is 1.35 bits per heavy atom. The molecule has 4 heteroatoms. The normalized spacial score (nSPS) is 27.1. The van der Waals surface area contributed by atoms with E-state index in [4.69, 9.17) is 0 Å². The molecule has 106 valence electrons. The Kier molecular flexibility index (Phi) is 3.36. The van der Waals surface area contributed by atoms with Crippen LogP contribution >= 0.6 is 0 Å². The minimum Gasteiger partial charge on any atom is -0.391 e. The highest BCUT2D eigenvalue weighted by atomic mass is 16.3. The third-order valence-corrected chi connectivity index (χ3v) is 4.33. The molecule has 1 aliphatic heterocycles. The number of aliphatic hydroxyl groups excluding tert-OH is 1. The summed E-state index contributed by atoms with van der Waals surface area (Å²) < 4.78 is 1.80. The van der Waals surface area contributed by atoms with Gasteiger partial charge in [-0.3, -0.25) is 9.58 Å². The van der Waals surface area contributed by atoms with Gasteiger partial charge in [0.1, 0.15) is 0 Å². The SMILES string of the molecule is Cn1cc(C2(C)CN(Cc3ccccc3)CC2O)cn1. The predicted octanol–water partition coefficient (Wildman–Crippen LogP) is 1.55. The van der Waals surface area contributed by atoms with Gasteiger partial charge in [-0.25, -0.2) is 0 Å². The Morgan fingerprint density at radius 3 is 2.75 bits per heavy atom. The molecule has 2 atom stereocenters. The number of aryl methyl sites for hydroxylation is 1. The van der Waals surface area contributed by atoms with Crippen LogP contribution in [-0.2, 0) is 19.0 Å². The van der Waals surface area contributed by atoms with Gasteiger partial charge < -0.3 is 5.11 Å². The quantitative estimate of drug-likeness (QED) is 0.921. The predicted molar refractivity (Wildman–Crippen MR) is 78.3 cm³/mol. The van der Waals surface area contributed by atoms with Crippen molar-refractivity contribution in [3.05, 3.63) is 53.9 Å². The summed E-state index contributed by atoms with van der Waals surface area (Å²) in [4.78, 5) is 2.31. The molecule has 2 unspecified atom stereocenters. The minimum atomic E-state index is -0.351. The van der Waals surface area contributed by atoms with Gasteiger partial charge in [0.25, 0.3) is 0 Å². The molecule has 1 fully saturated rings. The zero-order valence-electron chi connectivity index (χ0n) is 12.0. The standard InChI is InChI=1S/C16H21N3O/c1-16(14-8-17-18(2)10-14)12-19(11-15(16)20)9-13-6-4-3-5-7-13/h3-8,10,15,20H,9,11-12H2,1-2H3. The second-order valence-corrected chi connectivity index (χ2v) is 5.99. The van der Waals surface area contributed by atoms with Crippen molar-refractivity contribution >= 4 is 0 Å². The Bertz CT molecular complexity index is 580. The van der Waals surface area contributed by atoms with Crippen LogP contribution in [0.15, 0.2) is 42.7 Å². The summed E-state index contributed by atoms with van der Waals surface area (Å²) in [6.07, 6.45) is 3.53. The summed E-state index contributed by atoms with van der Waals surface area (Å²) in [5.41, 5.74) is 2.17. The summed E-state index contributed by atoms with van der Waals surface area (Å²) in [5.74, 6) is 0. The average molecular weight is 271 g/mol. The van der Waals surface area contributed by atoms with Crippen LogP contribution in [-0.4, -0.2) is 39.0 Å². The highest BCUT2D eigenvalue weighted by Gasteiger charge is 2.43. The fraction of sp³-hybridized carbons (Fsp3) is 0.438. The van der Waals surface area contributed by atoms with E-state index < -0.39 is 0 Å². The number of hydrogen-bond acceptors (Lipinski definition) is 3. The number of benzene rings is 1. The van der Waals surface area contributed by atoms with Crippen LogP contribution in [0, 0.1) is 0 Å². The smallest absolute Gasteiger partial charge is 0.0774 e. The summed E-state index contributed by atoms with van der Waals surface area (Å²) in [5, 5.41) is 14.7. The molecule has 0 spiro atoms. The van der Waals surface area contributed by atoms with E-state index in [-0.39, 0.29) is 11.5 Å². The molecule has 2 heterocycles. The molecule has 0 amide bonds. The zero-order chi connectivity index (χ0) is 14.2. The molecular weight excluding hydrogens is 250 g/mol. The van der Waals surface area contributed by atoms with Crippen molar-refractivity contribution in [3.63, 3.8) is 0 Å². The summed E-state index contributed by atoms with van der Waals surface area (Å²) >= 11 is 0. The first kappa shape index (κ1) is 13.3. The first-order valence-electron chi connectivity index (χ1n) is 7.01. The zero-order valence-corrected chi connectivity index (χ0v) is 12.0. The first-order chi connectivity index (χ1) is 9.58. The van der Waals surface area contributed by atoms with E-state index in [1.165, 1.54) is 5.56 Å². The molecule has 2 aromatic rings. The lowest BCUT2D eigenvalue weighted by Gasteiger charge is -2.26. The fourth-order valence-corrected chi connectivity index (χ4v) is 3.04. The van der Waals surface area contributed by atoms with Gasteiger partial charge in [-0.05, 0) is 11.1 Å². The van der Waals surface area contributed by atoms with Crippen LogP contribution in [0.2, 0.25) is 0 Å². The maximum Gasteiger partial charge on any atom is 0.0774 e. The van der Waals surface area contributed by atoms with E-state index in [1.807, 2.05) is 25.5 Å². The number of likely N-dealkylation sites (tertiary alicyclic amines) is 1. The summed E-state index contributed by atoms with van der Waals surface area (Å²) in [6.45, 7) is 4.57. The molecule has 0 bridgehead atoms. The van der Waals surface area contributed by atoms with Gasteiger partial charge >= 0.3 is 0 Å². The monoisotopic (exact) mass is 271 g/mol. The third-order valence-electron chi connectivity index (χ3n) is 4.33. The molecule has 1 aromatic heterocycles. The Labute approximate surface area is 119 Å². The van der Waals surface area contributed by atoms with E-state index in [0.29, 0.717) is 6.54 Å². The van der Waals surface area contributed by atoms with Crippen LogP contribution < -0.4 is 0 Å². The van der Waals surface area contributed by atoms with E-state index >= 15 is 0 Å². The maximum atomic E-state index is 10.5. The fourth-order valence-electron chi connectivity index (χ4n) is 3.04. The number of aliphatic hydroxyl groups is 1. The highest BCUT2D eigenvalue weighted by Crippen LogP contribution is 2.34. The van der Waals surface area contributed by atoms with Crippen molar-refractivity contribution in [2.75, 3.05) is 13.1 Å². The maximum absolute atomic E-state index is 10.5. The molecule has 20 heavy (non-hydrogen) atoms. The number of nitrogens with zero attached hydrogens (tertiary/aromatic N) is 3. The lowest BCUT2D eigenvalue weighted by atomic mass is 9.81. The van der Waals surface area contributed by atoms with Gasteiger partial charge in [0, 0.05) is 38.3 Å². The number of hydrogen-bond donors (Lipinski definition) is 1. The second-order valence-electron chi connectivity index (χ2n) is 5.99. The molecule has 0 aliphatic carbocycles. The van der Waals surface area contributed by atoms with Gasteiger partial charge in [-0.1, -0.05) is 37.3 Å². The minimum absolute atomic E-state index is 0.233. The van der Waals surface area contributed by atoms with E-state index in [0.717, 1.165) is 18.7 Å². The van der Waals surface area contributed by atoms with Crippen LogP contribution in [0.1, 0.15) is 18.1 Å². The van der Waals surface area contributed by atoms with Crippen molar-refractivity contribution in [3.8, 4) is 0 Å². The first-order valence-corrected chi connectivity index (χ1v) is 7.01. The third kappa shape index (κ3) is 2.37. The number of aromatic nitrogens is 2. The van der Waals surface area contributed by atoms with Gasteiger partial charge in [0.15, 0.2) is 0 Å². The highest BCUT2D eigenvalue weighted by molar-refractivity contribution is 5.25. The van der Waals surface area contributed by atoms with Crippen molar-refractivity contribution in [2.45, 2.75) is 25.0 Å². The van der Waals surface area contributed by atoms with E-state index in [1.54, 1.807) is 4.68 Å². The van der Waals surface area contributed by atoms with Crippen molar-refractivity contribution < 1.29 is 5.11 Å². The number of rotatable bonds is 3. The lowest BCUT2D eigenvalue weighted by molar-refractivity contribution is 0.128. The molecule has 1 N–H and O–H groups in total.